The van der Waals surface area contributed by atoms with E-state index in [0.717, 1.165) is 4.47 Å². The molecule has 1 aliphatic heterocycles. The monoisotopic (exact) mass is 372 g/mol. The molecule has 1 heterocycles. The maximum absolute atomic E-state index is 12.8. The Morgan fingerprint density at radius 1 is 1.48 bits per heavy atom. The van der Waals surface area contributed by atoms with E-state index in [1.54, 1.807) is 18.2 Å². The fourth-order valence-corrected chi connectivity index (χ4v) is 4.21. The maximum atomic E-state index is 12.8. The Hall–Kier alpha value is -1.21. The summed E-state index contributed by atoms with van der Waals surface area (Å²) in [5, 5.41) is 9.20. The average molecular weight is 373 g/mol. The van der Waals surface area contributed by atoms with Crippen molar-refractivity contribution in [3.63, 3.8) is 0 Å². The Kier molecular flexibility index (Phi) is 4.83. The zero-order valence-electron chi connectivity index (χ0n) is 11.7. The number of carbonyl (C=O) groups excluding carboxylic acids is 1. The molecule has 21 heavy (non-hydrogen) atoms. The lowest BCUT2D eigenvalue weighted by Gasteiger charge is -2.30. The van der Waals surface area contributed by atoms with E-state index < -0.39 is 12.0 Å². The summed E-state index contributed by atoms with van der Waals surface area (Å²) in [4.78, 5) is 25.6. The van der Waals surface area contributed by atoms with Crippen LogP contribution in [0.15, 0.2) is 22.7 Å². The molecule has 3 N–H and O–H groups in total. The summed E-state index contributed by atoms with van der Waals surface area (Å²) < 4.78 is 0.780. The molecule has 1 saturated heterocycles. The van der Waals surface area contributed by atoms with Gasteiger partial charge in [0.05, 0.1) is 10.9 Å². The number of nitrogens with two attached hydrogens (primary N) is 1. The molecule has 0 bridgehead atoms. The highest BCUT2D eigenvalue weighted by Gasteiger charge is 2.43. The zero-order chi connectivity index (χ0) is 15.7. The number of halogens is 1. The number of hydrogen-bond donors (Lipinski definition) is 2. The van der Waals surface area contributed by atoms with E-state index in [-0.39, 0.29) is 17.2 Å². The molecule has 5 nitrogen and oxygen atoms in total. The van der Waals surface area contributed by atoms with Crippen LogP contribution in [-0.4, -0.2) is 39.1 Å². The number of thioether (sulfide) groups is 1. The van der Waals surface area contributed by atoms with Crippen LogP contribution in [0.1, 0.15) is 24.2 Å². The molecule has 2 rings (SSSR count). The lowest BCUT2D eigenvalue weighted by atomic mass is 10.1. The van der Waals surface area contributed by atoms with Crippen molar-refractivity contribution in [3.05, 3.63) is 28.2 Å². The van der Waals surface area contributed by atoms with Crippen LogP contribution in [-0.2, 0) is 4.79 Å². The van der Waals surface area contributed by atoms with Gasteiger partial charge in [-0.05, 0) is 24.1 Å². The minimum atomic E-state index is -0.977. The lowest BCUT2D eigenvalue weighted by molar-refractivity contribution is -0.141. The third kappa shape index (κ3) is 3.18. The zero-order valence-corrected chi connectivity index (χ0v) is 14.1. The second-order valence-electron chi connectivity index (χ2n) is 5.27. The summed E-state index contributed by atoms with van der Waals surface area (Å²) in [6.45, 7) is 3.96. The molecule has 1 fully saturated rings. The number of nitrogen functional groups attached to an aromatic ring is 1. The number of anilines is 1. The SMILES string of the molecule is CC(C)C1SCC(C(=O)O)N1C(=O)c1ccc(Br)cc1N. The number of carboxylic acids is 1. The van der Waals surface area contributed by atoms with Gasteiger partial charge < -0.3 is 15.7 Å². The van der Waals surface area contributed by atoms with Gasteiger partial charge in [-0.2, -0.15) is 0 Å². The van der Waals surface area contributed by atoms with Crippen LogP contribution in [0.5, 0.6) is 0 Å². The second kappa shape index (κ2) is 6.27. The molecule has 2 atom stereocenters. The van der Waals surface area contributed by atoms with Gasteiger partial charge in [-0.25, -0.2) is 4.79 Å². The van der Waals surface area contributed by atoms with Crippen molar-refractivity contribution in [3.8, 4) is 0 Å². The minimum Gasteiger partial charge on any atom is -0.480 e. The Morgan fingerprint density at radius 2 is 2.14 bits per heavy atom. The number of carboxylic acid groups (broad SMARTS) is 1. The number of rotatable bonds is 3. The van der Waals surface area contributed by atoms with Gasteiger partial charge in [0, 0.05) is 15.9 Å². The molecule has 7 heteroatoms. The van der Waals surface area contributed by atoms with Crippen LogP contribution >= 0.6 is 27.7 Å². The molecule has 1 amide bonds. The second-order valence-corrected chi connectivity index (χ2v) is 7.33. The average Bonchev–Trinajstić information content (AvgIpc) is 2.82. The lowest BCUT2D eigenvalue weighted by Crippen LogP contribution is -2.47. The van der Waals surface area contributed by atoms with E-state index in [1.165, 1.54) is 16.7 Å². The number of benzene rings is 1. The van der Waals surface area contributed by atoms with Gasteiger partial charge in [0.25, 0.3) is 5.91 Å². The van der Waals surface area contributed by atoms with Gasteiger partial charge >= 0.3 is 5.97 Å². The Morgan fingerprint density at radius 3 is 2.67 bits per heavy atom. The molecule has 2 unspecified atom stereocenters. The van der Waals surface area contributed by atoms with Crippen molar-refractivity contribution in [2.45, 2.75) is 25.3 Å². The Labute approximate surface area is 136 Å². The van der Waals surface area contributed by atoms with E-state index in [4.69, 9.17) is 5.73 Å². The first kappa shape index (κ1) is 16.2. The van der Waals surface area contributed by atoms with E-state index >= 15 is 0 Å². The van der Waals surface area contributed by atoms with Gasteiger partial charge in [0.1, 0.15) is 6.04 Å². The molecule has 1 aliphatic rings. The van der Waals surface area contributed by atoms with Crippen LogP contribution < -0.4 is 5.73 Å². The number of hydrogen-bond acceptors (Lipinski definition) is 4. The molecule has 1 aromatic rings. The van der Waals surface area contributed by atoms with E-state index in [9.17, 15) is 14.7 Å². The third-order valence-electron chi connectivity index (χ3n) is 3.37. The first-order chi connectivity index (χ1) is 9.82. The third-order valence-corrected chi connectivity index (χ3v) is 5.48. The van der Waals surface area contributed by atoms with Gasteiger partial charge in [-0.15, -0.1) is 11.8 Å². The molecular formula is C14H17BrN2O3S. The van der Waals surface area contributed by atoms with E-state index in [1.807, 2.05) is 13.8 Å². The van der Waals surface area contributed by atoms with Gasteiger partial charge in [0.2, 0.25) is 0 Å². The van der Waals surface area contributed by atoms with Crippen LogP contribution in [0.3, 0.4) is 0 Å². The van der Waals surface area contributed by atoms with Crippen molar-refractivity contribution < 1.29 is 14.7 Å². The Bertz CT molecular complexity index is 579. The molecule has 0 spiro atoms. The van der Waals surface area contributed by atoms with Crippen LogP contribution in [0, 0.1) is 5.92 Å². The summed E-state index contributed by atoms with van der Waals surface area (Å²) in [5.74, 6) is -0.730. The van der Waals surface area contributed by atoms with Crippen molar-refractivity contribution in [1.29, 1.82) is 0 Å². The Balaban J connectivity index is 2.39. The fraction of sp³-hybridized carbons (Fsp3) is 0.429. The highest BCUT2D eigenvalue weighted by molar-refractivity contribution is 9.10. The molecular weight excluding hydrogens is 356 g/mol. The molecule has 1 aromatic carbocycles. The maximum Gasteiger partial charge on any atom is 0.327 e. The van der Waals surface area contributed by atoms with Crippen LogP contribution in [0.4, 0.5) is 5.69 Å². The van der Waals surface area contributed by atoms with Crippen LogP contribution in [0.2, 0.25) is 0 Å². The standard InChI is InChI=1S/C14H17BrN2O3S/c1-7(2)13-17(11(6-21-13)14(19)20)12(18)9-4-3-8(15)5-10(9)16/h3-5,7,11,13H,6,16H2,1-2H3,(H,19,20). The fourth-order valence-electron chi connectivity index (χ4n) is 2.36. The molecule has 0 aromatic heterocycles. The summed E-state index contributed by atoms with van der Waals surface area (Å²) in [7, 11) is 0. The summed E-state index contributed by atoms with van der Waals surface area (Å²) >= 11 is 4.80. The topological polar surface area (TPSA) is 83.6 Å². The first-order valence-electron chi connectivity index (χ1n) is 6.55. The minimum absolute atomic E-state index is 0.151. The number of amides is 1. The highest BCUT2D eigenvalue weighted by Crippen LogP contribution is 2.36. The van der Waals surface area contributed by atoms with Crippen molar-refractivity contribution in [2.24, 2.45) is 5.92 Å². The number of nitrogens with zero attached hydrogens (tertiary/aromatic N) is 1. The number of aliphatic carboxylic acids is 1. The first-order valence-corrected chi connectivity index (χ1v) is 8.39. The normalized spacial score (nSPS) is 21.8. The number of carbonyl (C=O) groups is 2. The van der Waals surface area contributed by atoms with Gasteiger partial charge in [0.15, 0.2) is 0 Å². The quantitative estimate of drug-likeness (QED) is 0.796. The van der Waals surface area contributed by atoms with Crippen LogP contribution in [0.25, 0.3) is 0 Å². The smallest absolute Gasteiger partial charge is 0.327 e. The van der Waals surface area contributed by atoms with Crippen molar-refractivity contribution in [1.82, 2.24) is 4.90 Å². The van der Waals surface area contributed by atoms with Crippen molar-refractivity contribution >= 4 is 45.3 Å². The predicted molar refractivity (Wildman–Crippen MR) is 87.2 cm³/mol. The summed E-state index contributed by atoms with van der Waals surface area (Å²) in [6.07, 6.45) is 0. The summed E-state index contributed by atoms with van der Waals surface area (Å²) in [5.41, 5.74) is 6.59. The van der Waals surface area contributed by atoms with Crippen molar-refractivity contribution in [2.75, 3.05) is 11.5 Å². The van der Waals surface area contributed by atoms with E-state index in [0.29, 0.717) is 17.0 Å². The highest BCUT2D eigenvalue weighted by atomic mass is 79.9. The molecule has 0 aliphatic carbocycles. The molecule has 0 saturated carbocycles. The van der Waals surface area contributed by atoms with Gasteiger partial charge in [-0.3, -0.25) is 4.79 Å². The molecule has 114 valence electrons. The summed E-state index contributed by atoms with van der Waals surface area (Å²) in [6, 6.07) is 4.20. The van der Waals surface area contributed by atoms with E-state index in [2.05, 4.69) is 15.9 Å². The van der Waals surface area contributed by atoms with Gasteiger partial charge in [-0.1, -0.05) is 29.8 Å². The predicted octanol–water partition coefficient (Wildman–Crippen LogP) is 2.66. The molecule has 0 radical (unpaired) electrons. The largest absolute Gasteiger partial charge is 0.480 e.